The summed E-state index contributed by atoms with van der Waals surface area (Å²) in [5, 5.41) is 0. The van der Waals surface area contributed by atoms with E-state index < -0.39 is 0 Å². The first-order chi connectivity index (χ1) is 9.63. The lowest BCUT2D eigenvalue weighted by Gasteiger charge is -2.31. The Balaban J connectivity index is 2.32. The number of nitrogens with two attached hydrogens (primary N) is 2. The molecule has 110 valence electrons. The molecule has 1 aromatic rings. The van der Waals surface area contributed by atoms with Crippen molar-refractivity contribution in [3.63, 3.8) is 0 Å². The molecule has 1 aliphatic carbocycles. The lowest BCUT2D eigenvalue weighted by Crippen LogP contribution is -2.40. The van der Waals surface area contributed by atoms with E-state index in [-0.39, 0.29) is 12.5 Å². The normalized spacial score (nSPS) is 15.2. The largest absolute Gasteiger partial charge is 0.492 e. The number of carbonyl (C=O) groups excluding carboxylic acids is 1. The van der Waals surface area contributed by atoms with E-state index in [1.165, 1.54) is 12.8 Å². The van der Waals surface area contributed by atoms with Crippen molar-refractivity contribution < 1.29 is 9.53 Å². The summed E-state index contributed by atoms with van der Waals surface area (Å²) in [5.74, 6) is 0.329. The van der Waals surface area contributed by atoms with Crippen molar-refractivity contribution in [1.82, 2.24) is 0 Å². The Morgan fingerprint density at radius 3 is 2.70 bits per heavy atom. The highest BCUT2D eigenvalue weighted by Gasteiger charge is 2.26. The zero-order valence-electron chi connectivity index (χ0n) is 12.0. The second kappa shape index (κ2) is 6.50. The maximum atomic E-state index is 11.4. The molecule has 1 amide bonds. The van der Waals surface area contributed by atoms with Crippen LogP contribution in [-0.2, 0) is 4.79 Å². The third kappa shape index (κ3) is 3.15. The minimum absolute atomic E-state index is 0.199. The van der Waals surface area contributed by atoms with Gasteiger partial charge in [0, 0.05) is 6.04 Å². The van der Waals surface area contributed by atoms with Crippen molar-refractivity contribution >= 4 is 17.3 Å². The topological polar surface area (TPSA) is 81.6 Å². The summed E-state index contributed by atoms with van der Waals surface area (Å²) in [6.07, 6.45) is 4.52. The molecular formula is C15H23N3O2. The highest BCUT2D eigenvalue weighted by Crippen LogP contribution is 2.36. The average molecular weight is 277 g/mol. The second-order valence-corrected chi connectivity index (χ2v) is 5.15. The molecule has 0 atom stereocenters. The molecule has 0 spiro atoms. The van der Waals surface area contributed by atoms with Crippen LogP contribution in [0, 0.1) is 0 Å². The van der Waals surface area contributed by atoms with E-state index in [2.05, 4.69) is 0 Å². The Labute approximate surface area is 119 Å². The quantitative estimate of drug-likeness (QED) is 0.778. The summed E-state index contributed by atoms with van der Waals surface area (Å²) in [5.41, 5.74) is 13.0. The third-order valence-corrected chi connectivity index (χ3v) is 3.74. The Kier molecular flexibility index (Phi) is 4.71. The molecule has 1 aromatic carbocycles. The number of rotatable bonds is 6. The number of nitrogens with zero attached hydrogens (tertiary/aromatic N) is 1. The van der Waals surface area contributed by atoms with E-state index in [1.807, 2.05) is 30.0 Å². The molecule has 1 fully saturated rings. The number of anilines is 2. The molecule has 0 bridgehead atoms. The van der Waals surface area contributed by atoms with Crippen LogP contribution in [-0.4, -0.2) is 25.1 Å². The first-order valence-corrected chi connectivity index (χ1v) is 7.19. The molecule has 0 aromatic heterocycles. The van der Waals surface area contributed by atoms with Crippen LogP contribution >= 0.6 is 0 Å². The zero-order valence-corrected chi connectivity index (χ0v) is 12.0. The minimum atomic E-state index is -0.335. The number of ether oxygens (including phenoxy) is 1. The third-order valence-electron chi connectivity index (χ3n) is 3.74. The van der Waals surface area contributed by atoms with Gasteiger partial charge in [-0.1, -0.05) is 18.9 Å². The number of amides is 1. The molecule has 0 unspecified atom stereocenters. The lowest BCUT2D eigenvalue weighted by atomic mass is 10.1. The van der Waals surface area contributed by atoms with Gasteiger partial charge in [0.25, 0.3) is 0 Å². The number of hydrogen-bond acceptors (Lipinski definition) is 4. The molecule has 5 nitrogen and oxygen atoms in total. The Morgan fingerprint density at radius 2 is 2.10 bits per heavy atom. The molecule has 0 aliphatic heterocycles. The van der Waals surface area contributed by atoms with Crippen molar-refractivity contribution in [2.75, 3.05) is 23.8 Å². The van der Waals surface area contributed by atoms with Crippen LogP contribution in [0.3, 0.4) is 0 Å². The number of benzene rings is 1. The van der Waals surface area contributed by atoms with Gasteiger partial charge in [-0.15, -0.1) is 0 Å². The van der Waals surface area contributed by atoms with Crippen molar-refractivity contribution in [2.45, 2.75) is 38.6 Å². The summed E-state index contributed by atoms with van der Waals surface area (Å²) < 4.78 is 5.53. The fourth-order valence-corrected chi connectivity index (χ4v) is 2.86. The minimum Gasteiger partial charge on any atom is -0.492 e. The first kappa shape index (κ1) is 14.5. The predicted octanol–water partition coefficient (Wildman–Crippen LogP) is 1.90. The summed E-state index contributed by atoms with van der Waals surface area (Å²) in [4.78, 5) is 13.4. The van der Waals surface area contributed by atoms with Gasteiger partial charge in [-0.25, -0.2) is 0 Å². The Hall–Kier alpha value is -1.91. The van der Waals surface area contributed by atoms with Crippen LogP contribution < -0.4 is 21.1 Å². The second-order valence-electron chi connectivity index (χ2n) is 5.15. The SMILES string of the molecule is CCOc1cccc(N(CC(N)=O)C2CCCC2)c1N. The van der Waals surface area contributed by atoms with Gasteiger partial charge in [-0.3, -0.25) is 4.79 Å². The Morgan fingerprint density at radius 1 is 1.40 bits per heavy atom. The van der Waals surface area contributed by atoms with Gasteiger partial charge in [-0.2, -0.15) is 0 Å². The van der Waals surface area contributed by atoms with E-state index >= 15 is 0 Å². The van der Waals surface area contributed by atoms with Crippen LogP contribution in [0.25, 0.3) is 0 Å². The van der Waals surface area contributed by atoms with Gasteiger partial charge < -0.3 is 21.1 Å². The molecule has 1 aliphatic rings. The van der Waals surface area contributed by atoms with Gasteiger partial charge in [0.05, 0.1) is 24.5 Å². The van der Waals surface area contributed by atoms with E-state index in [4.69, 9.17) is 16.2 Å². The highest BCUT2D eigenvalue weighted by atomic mass is 16.5. The molecule has 4 N–H and O–H groups in total. The van der Waals surface area contributed by atoms with Crippen molar-refractivity contribution in [2.24, 2.45) is 5.73 Å². The zero-order chi connectivity index (χ0) is 14.5. The molecule has 0 saturated heterocycles. The molecular weight excluding hydrogens is 254 g/mol. The van der Waals surface area contributed by atoms with Crippen LogP contribution in [0.4, 0.5) is 11.4 Å². The fraction of sp³-hybridized carbons (Fsp3) is 0.533. The summed E-state index contributed by atoms with van der Waals surface area (Å²) in [6, 6.07) is 6.01. The van der Waals surface area contributed by atoms with Crippen LogP contribution in [0.5, 0.6) is 5.75 Å². The summed E-state index contributed by atoms with van der Waals surface area (Å²) in [7, 11) is 0. The number of hydrogen-bond donors (Lipinski definition) is 2. The highest BCUT2D eigenvalue weighted by molar-refractivity contribution is 5.83. The van der Waals surface area contributed by atoms with Crippen molar-refractivity contribution in [1.29, 1.82) is 0 Å². The smallest absolute Gasteiger partial charge is 0.236 e. The van der Waals surface area contributed by atoms with Crippen molar-refractivity contribution in [3.8, 4) is 5.75 Å². The molecule has 1 saturated carbocycles. The van der Waals surface area contributed by atoms with E-state index in [0.29, 0.717) is 24.1 Å². The maximum absolute atomic E-state index is 11.4. The number of primary amides is 1. The predicted molar refractivity (Wildman–Crippen MR) is 80.8 cm³/mol. The fourth-order valence-electron chi connectivity index (χ4n) is 2.86. The summed E-state index contributed by atoms with van der Waals surface area (Å²) >= 11 is 0. The molecule has 5 heteroatoms. The maximum Gasteiger partial charge on any atom is 0.236 e. The van der Waals surface area contributed by atoms with Crippen LogP contribution in [0.15, 0.2) is 18.2 Å². The van der Waals surface area contributed by atoms with Gasteiger partial charge in [-0.05, 0) is 31.9 Å². The standard InChI is InChI=1S/C15H23N3O2/c1-2-20-13-9-5-8-12(15(13)17)18(10-14(16)19)11-6-3-4-7-11/h5,8-9,11H,2-4,6-7,10,17H2,1H3,(H2,16,19). The van der Waals surface area contributed by atoms with Gasteiger partial charge in [0.15, 0.2) is 0 Å². The van der Waals surface area contributed by atoms with E-state index in [1.54, 1.807) is 0 Å². The van der Waals surface area contributed by atoms with Gasteiger partial charge in [0.2, 0.25) is 5.91 Å². The van der Waals surface area contributed by atoms with E-state index in [0.717, 1.165) is 18.5 Å². The van der Waals surface area contributed by atoms with Gasteiger partial charge >= 0.3 is 0 Å². The number of carbonyl (C=O) groups is 1. The van der Waals surface area contributed by atoms with Crippen LogP contribution in [0.2, 0.25) is 0 Å². The van der Waals surface area contributed by atoms with Crippen LogP contribution in [0.1, 0.15) is 32.6 Å². The molecule has 0 heterocycles. The number of nitrogen functional groups attached to an aromatic ring is 1. The molecule has 2 rings (SSSR count). The van der Waals surface area contributed by atoms with E-state index in [9.17, 15) is 4.79 Å². The summed E-state index contributed by atoms with van der Waals surface area (Å²) in [6.45, 7) is 2.68. The molecule has 0 radical (unpaired) electrons. The lowest BCUT2D eigenvalue weighted by molar-refractivity contribution is -0.116. The Bertz CT molecular complexity index is 470. The molecule has 20 heavy (non-hydrogen) atoms. The van der Waals surface area contributed by atoms with Crippen molar-refractivity contribution in [3.05, 3.63) is 18.2 Å². The first-order valence-electron chi connectivity index (χ1n) is 7.19. The van der Waals surface area contributed by atoms with Gasteiger partial charge in [0.1, 0.15) is 5.75 Å². The average Bonchev–Trinajstić information content (AvgIpc) is 2.93. The number of para-hydroxylation sites is 1. The monoisotopic (exact) mass is 277 g/mol.